The van der Waals surface area contributed by atoms with Crippen LogP contribution in [-0.4, -0.2) is 41.5 Å². The molecule has 0 bridgehead atoms. The van der Waals surface area contributed by atoms with Gasteiger partial charge in [0.25, 0.3) is 0 Å². The summed E-state index contributed by atoms with van der Waals surface area (Å²) in [5.74, 6) is 1.44. The van der Waals surface area contributed by atoms with Crippen LogP contribution in [0.15, 0.2) is 36.5 Å². The molecular weight excluding hydrogens is 330 g/mol. The van der Waals surface area contributed by atoms with Gasteiger partial charge in [0, 0.05) is 42.4 Å². The second-order valence-electron chi connectivity index (χ2n) is 6.39. The third-order valence-corrected chi connectivity index (χ3v) is 5.04. The third-order valence-electron chi connectivity index (χ3n) is 5.04. The van der Waals surface area contributed by atoms with E-state index in [-0.39, 0.29) is 11.9 Å². The number of nitrogens with zero attached hydrogens (tertiary/aromatic N) is 2. The highest BCUT2D eigenvalue weighted by Gasteiger charge is 2.35. The van der Waals surface area contributed by atoms with Crippen molar-refractivity contribution in [2.24, 2.45) is 0 Å². The van der Waals surface area contributed by atoms with Crippen LogP contribution in [0.5, 0.6) is 11.5 Å². The predicted molar refractivity (Wildman–Crippen MR) is 98.6 cm³/mol. The Morgan fingerprint density at radius 3 is 2.85 bits per heavy atom. The minimum Gasteiger partial charge on any atom is -0.497 e. The molecule has 3 heterocycles. The molecule has 0 radical (unpaired) electrons. The van der Waals surface area contributed by atoms with Crippen molar-refractivity contribution >= 4 is 16.9 Å². The molecule has 3 aromatic rings. The molecule has 0 spiro atoms. The summed E-state index contributed by atoms with van der Waals surface area (Å²) in [7, 11) is 3.26. The fourth-order valence-electron chi connectivity index (χ4n) is 3.82. The number of aromatic amines is 1. The number of pyridine rings is 1. The van der Waals surface area contributed by atoms with E-state index in [2.05, 4.69) is 16.0 Å². The van der Waals surface area contributed by atoms with E-state index in [1.165, 1.54) is 5.56 Å². The van der Waals surface area contributed by atoms with Crippen LogP contribution in [0.4, 0.5) is 0 Å². The van der Waals surface area contributed by atoms with Crippen molar-refractivity contribution in [1.29, 1.82) is 0 Å². The molecule has 1 N–H and O–H groups in total. The molecule has 1 amide bonds. The Bertz CT molecular complexity index is 980. The van der Waals surface area contributed by atoms with Crippen LogP contribution in [-0.2, 0) is 11.2 Å². The maximum absolute atomic E-state index is 12.4. The number of hydrogen-bond acceptors (Lipinski definition) is 4. The van der Waals surface area contributed by atoms with E-state index in [1.54, 1.807) is 27.3 Å². The molecule has 1 atom stereocenters. The van der Waals surface area contributed by atoms with Gasteiger partial charge in [-0.05, 0) is 36.2 Å². The van der Waals surface area contributed by atoms with Gasteiger partial charge in [-0.25, -0.2) is 4.98 Å². The van der Waals surface area contributed by atoms with Crippen LogP contribution < -0.4 is 9.47 Å². The number of hydrogen-bond donors (Lipinski definition) is 1. The van der Waals surface area contributed by atoms with Gasteiger partial charge in [-0.3, -0.25) is 4.79 Å². The number of carbonyl (C=O) groups excluding carboxylic acids is 1. The summed E-state index contributed by atoms with van der Waals surface area (Å²) in [6.07, 6.45) is 2.57. The summed E-state index contributed by atoms with van der Waals surface area (Å²) in [4.78, 5) is 22.1. The second-order valence-corrected chi connectivity index (χ2v) is 6.39. The topological polar surface area (TPSA) is 67.5 Å². The van der Waals surface area contributed by atoms with Gasteiger partial charge in [-0.2, -0.15) is 0 Å². The number of amides is 1. The number of aromatic nitrogens is 2. The van der Waals surface area contributed by atoms with Crippen LogP contribution >= 0.6 is 0 Å². The van der Waals surface area contributed by atoms with Gasteiger partial charge in [0.1, 0.15) is 23.2 Å². The zero-order valence-corrected chi connectivity index (χ0v) is 15.1. The van der Waals surface area contributed by atoms with Crippen LogP contribution in [0, 0.1) is 0 Å². The first-order chi connectivity index (χ1) is 12.6. The molecule has 0 fully saturated rings. The van der Waals surface area contributed by atoms with E-state index in [9.17, 15) is 4.79 Å². The van der Waals surface area contributed by atoms with E-state index in [0.29, 0.717) is 18.0 Å². The minimum atomic E-state index is -0.244. The standard InChI is InChI=1S/C20H21N3O3/c1-12(24)23-10-8-14-15-5-4-9-21-20(15)22-18(14)19(23)16-7-6-13(25-2)11-17(16)26-3/h4-7,9,11,19H,8,10H2,1-3H3,(H,21,22). The fraction of sp³-hybridized carbons (Fsp3) is 0.300. The summed E-state index contributed by atoms with van der Waals surface area (Å²) in [5.41, 5.74) is 3.99. The molecule has 6 nitrogen and oxygen atoms in total. The van der Waals surface area contributed by atoms with Gasteiger partial charge < -0.3 is 19.4 Å². The molecule has 4 rings (SSSR count). The molecule has 134 valence electrons. The van der Waals surface area contributed by atoms with Gasteiger partial charge in [-0.15, -0.1) is 0 Å². The Kier molecular flexibility index (Phi) is 4.03. The van der Waals surface area contributed by atoms with Gasteiger partial charge >= 0.3 is 0 Å². The summed E-state index contributed by atoms with van der Waals surface area (Å²) in [6, 6.07) is 9.48. The molecule has 6 heteroatoms. The highest BCUT2D eigenvalue weighted by molar-refractivity contribution is 5.83. The van der Waals surface area contributed by atoms with Crippen molar-refractivity contribution in [2.45, 2.75) is 19.4 Å². The lowest BCUT2D eigenvalue weighted by molar-refractivity contribution is -0.130. The smallest absolute Gasteiger partial charge is 0.220 e. The van der Waals surface area contributed by atoms with Gasteiger partial charge in [0.15, 0.2) is 0 Å². The third kappa shape index (κ3) is 2.49. The molecule has 1 unspecified atom stereocenters. The number of benzene rings is 1. The average molecular weight is 351 g/mol. The Balaban J connectivity index is 1.94. The Morgan fingerprint density at radius 2 is 2.12 bits per heavy atom. The van der Waals surface area contributed by atoms with Crippen molar-refractivity contribution in [3.8, 4) is 11.5 Å². The van der Waals surface area contributed by atoms with Crippen LogP contribution in [0.2, 0.25) is 0 Å². The lowest BCUT2D eigenvalue weighted by Gasteiger charge is -2.36. The fourth-order valence-corrected chi connectivity index (χ4v) is 3.82. The summed E-state index contributed by atoms with van der Waals surface area (Å²) in [6.45, 7) is 2.26. The van der Waals surface area contributed by atoms with E-state index in [4.69, 9.17) is 9.47 Å². The lowest BCUT2D eigenvalue weighted by atomic mass is 9.92. The minimum absolute atomic E-state index is 0.0325. The summed E-state index contributed by atoms with van der Waals surface area (Å²) >= 11 is 0. The second kappa shape index (κ2) is 6.37. The zero-order chi connectivity index (χ0) is 18.3. The first kappa shape index (κ1) is 16.4. The van der Waals surface area contributed by atoms with Crippen molar-refractivity contribution in [2.75, 3.05) is 20.8 Å². The van der Waals surface area contributed by atoms with Crippen molar-refractivity contribution in [1.82, 2.24) is 14.9 Å². The largest absolute Gasteiger partial charge is 0.497 e. The molecule has 0 aliphatic carbocycles. The molecule has 1 aromatic carbocycles. The van der Waals surface area contributed by atoms with Gasteiger partial charge in [-0.1, -0.05) is 0 Å². The van der Waals surface area contributed by atoms with Crippen molar-refractivity contribution in [3.05, 3.63) is 53.3 Å². The molecule has 0 saturated carbocycles. The SMILES string of the molecule is COc1ccc(C2c3[nH]c4ncccc4c3CCN2C(C)=O)c(OC)c1. The first-order valence-electron chi connectivity index (χ1n) is 8.58. The number of H-pyrrole nitrogens is 1. The Labute approximate surface area is 151 Å². The quantitative estimate of drug-likeness (QED) is 0.787. The van der Waals surface area contributed by atoms with Gasteiger partial charge in [0.05, 0.1) is 14.2 Å². The number of methoxy groups -OCH3 is 2. The van der Waals surface area contributed by atoms with E-state index in [0.717, 1.165) is 28.7 Å². The number of ether oxygens (including phenoxy) is 2. The monoisotopic (exact) mass is 351 g/mol. The molecule has 26 heavy (non-hydrogen) atoms. The van der Waals surface area contributed by atoms with E-state index < -0.39 is 0 Å². The van der Waals surface area contributed by atoms with Gasteiger partial charge in [0.2, 0.25) is 5.91 Å². The van der Waals surface area contributed by atoms with E-state index in [1.807, 2.05) is 29.2 Å². The van der Waals surface area contributed by atoms with Crippen LogP contribution in [0.3, 0.4) is 0 Å². The van der Waals surface area contributed by atoms with Crippen LogP contribution in [0.1, 0.15) is 29.8 Å². The Hall–Kier alpha value is -3.02. The lowest BCUT2D eigenvalue weighted by Crippen LogP contribution is -2.39. The summed E-state index contributed by atoms with van der Waals surface area (Å²) < 4.78 is 10.9. The average Bonchev–Trinajstić information content (AvgIpc) is 3.05. The molecule has 1 aliphatic heterocycles. The maximum atomic E-state index is 12.4. The number of fused-ring (bicyclic) bond motifs is 3. The van der Waals surface area contributed by atoms with Crippen LogP contribution in [0.25, 0.3) is 11.0 Å². The molecule has 2 aromatic heterocycles. The number of rotatable bonds is 3. The highest BCUT2D eigenvalue weighted by atomic mass is 16.5. The normalized spacial score (nSPS) is 16.4. The zero-order valence-electron chi connectivity index (χ0n) is 15.1. The number of carbonyl (C=O) groups is 1. The highest BCUT2D eigenvalue weighted by Crippen LogP contribution is 2.42. The van der Waals surface area contributed by atoms with Crippen molar-refractivity contribution in [3.63, 3.8) is 0 Å². The Morgan fingerprint density at radius 1 is 1.27 bits per heavy atom. The molecule has 1 aliphatic rings. The predicted octanol–water partition coefficient (Wildman–Crippen LogP) is 3.07. The first-order valence-corrected chi connectivity index (χ1v) is 8.58. The molecular formula is C20H21N3O3. The number of nitrogens with one attached hydrogen (secondary N) is 1. The van der Waals surface area contributed by atoms with Crippen molar-refractivity contribution < 1.29 is 14.3 Å². The summed E-state index contributed by atoms with van der Waals surface area (Å²) in [5, 5.41) is 1.11. The maximum Gasteiger partial charge on any atom is 0.220 e. The van der Waals surface area contributed by atoms with E-state index >= 15 is 0 Å². The molecule has 0 saturated heterocycles.